The Kier molecular flexibility index (Phi) is 3.39. The molecule has 0 spiro atoms. The quantitative estimate of drug-likeness (QED) is 0.665. The van der Waals surface area contributed by atoms with E-state index in [0.29, 0.717) is 18.6 Å². The van der Waals surface area contributed by atoms with Gasteiger partial charge in [-0.1, -0.05) is 32.9 Å². The van der Waals surface area contributed by atoms with Crippen LogP contribution in [0, 0.1) is 11.3 Å². The van der Waals surface area contributed by atoms with Gasteiger partial charge in [-0.05, 0) is 30.6 Å². The molecule has 1 saturated carbocycles. The molecule has 1 unspecified atom stereocenters. The van der Waals surface area contributed by atoms with E-state index in [-0.39, 0.29) is 12.1 Å². The summed E-state index contributed by atoms with van der Waals surface area (Å²) in [5, 5.41) is 0. The topological polar surface area (TPSA) is 3.24 Å². The number of likely N-dealkylation sites (tertiary alicyclic amines) is 1. The summed E-state index contributed by atoms with van der Waals surface area (Å²) < 4.78 is 12.6. The monoisotopic (exact) mass is 225 g/mol. The maximum atomic E-state index is 12.6. The largest absolute Gasteiger partial charge is 0.291 e. The molecule has 1 aliphatic carbocycles. The van der Waals surface area contributed by atoms with Crippen molar-refractivity contribution in [2.45, 2.75) is 52.1 Å². The van der Waals surface area contributed by atoms with Gasteiger partial charge in [0.15, 0.2) is 0 Å². The third-order valence-corrected chi connectivity index (χ3v) is 3.92. The van der Waals surface area contributed by atoms with Gasteiger partial charge in [0.25, 0.3) is 0 Å². The summed E-state index contributed by atoms with van der Waals surface area (Å²) in [4.78, 5) is 2.39. The van der Waals surface area contributed by atoms with Crippen LogP contribution in [0.4, 0.5) is 4.39 Å². The molecule has 0 aromatic rings. The van der Waals surface area contributed by atoms with Gasteiger partial charge in [0.2, 0.25) is 0 Å². The molecule has 3 atom stereocenters. The third kappa shape index (κ3) is 2.48. The Balaban J connectivity index is 2.04. The van der Waals surface area contributed by atoms with Crippen molar-refractivity contribution in [3.05, 3.63) is 12.2 Å². The number of alkyl halides is 1. The molecule has 2 fully saturated rings. The Labute approximate surface area is 98.7 Å². The SMILES string of the molecule is CC(C)(C)/C=C/C1[C@@H]2CC[C@@H](C2)N1CCF. The molecule has 92 valence electrons. The van der Waals surface area contributed by atoms with Crippen molar-refractivity contribution in [1.82, 2.24) is 4.90 Å². The first-order chi connectivity index (χ1) is 7.51. The standard InChI is InChI=1S/C14H24FN/c1-14(2,3)7-6-13-11-4-5-12(10-11)16(13)9-8-15/h6-7,11-13H,4-5,8-10H2,1-3H3/b7-6+/t11-,12+,13?/m1/s1. The molecule has 0 radical (unpaired) electrons. The molecule has 16 heavy (non-hydrogen) atoms. The van der Waals surface area contributed by atoms with Gasteiger partial charge in [-0.25, -0.2) is 4.39 Å². The summed E-state index contributed by atoms with van der Waals surface area (Å²) in [5.41, 5.74) is 0.239. The van der Waals surface area contributed by atoms with Gasteiger partial charge in [-0.3, -0.25) is 4.90 Å². The number of piperidine rings is 1. The molecule has 0 aromatic carbocycles. The van der Waals surface area contributed by atoms with Gasteiger partial charge in [0.05, 0.1) is 0 Å². The highest BCUT2D eigenvalue weighted by Crippen LogP contribution is 2.43. The first-order valence-electron chi connectivity index (χ1n) is 6.52. The van der Waals surface area contributed by atoms with E-state index in [2.05, 4.69) is 37.8 Å². The summed E-state index contributed by atoms with van der Waals surface area (Å²) in [6, 6.07) is 1.17. The highest BCUT2D eigenvalue weighted by atomic mass is 19.1. The molecular weight excluding hydrogens is 201 g/mol. The first kappa shape index (κ1) is 12.1. The van der Waals surface area contributed by atoms with Crippen molar-refractivity contribution in [2.24, 2.45) is 11.3 Å². The second-order valence-corrected chi connectivity index (χ2v) is 6.37. The minimum atomic E-state index is -0.205. The average Bonchev–Trinajstić information content (AvgIpc) is 2.74. The van der Waals surface area contributed by atoms with Crippen LogP contribution in [0.2, 0.25) is 0 Å². The Morgan fingerprint density at radius 1 is 1.31 bits per heavy atom. The van der Waals surface area contributed by atoms with E-state index in [4.69, 9.17) is 0 Å². The summed E-state index contributed by atoms with van der Waals surface area (Å²) in [6.07, 6.45) is 8.54. The first-order valence-corrected chi connectivity index (χ1v) is 6.52. The van der Waals surface area contributed by atoms with E-state index < -0.39 is 0 Å². The normalized spacial score (nSPS) is 35.4. The van der Waals surface area contributed by atoms with Crippen LogP contribution >= 0.6 is 0 Å². The lowest BCUT2D eigenvalue weighted by Gasteiger charge is -2.33. The van der Waals surface area contributed by atoms with E-state index in [0.717, 1.165) is 5.92 Å². The van der Waals surface area contributed by atoms with Gasteiger partial charge in [0, 0.05) is 18.6 Å². The minimum Gasteiger partial charge on any atom is -0.291 e. The van der Waals surface area contributed by atoms with Crippen LogP contribution < -0.4 is 0 Å². The number of fused-ring (bicyclic) bond motifs is 2. The van der Waals surface area contributed by atoms with Crippen molar-refractivity contribution in [2.75, 3.05) is 13.2 Å². The lowest BCUT2D eigenvalue weighted by atomic mass is 9.92. The van der Waals surface area contributed by atoms with Gasteiger partial charge in [0.1, 0.15) is 6.67 Å². The second kappa shape index (κ2) is 4.48. The van der Waals surface area contributed by atoms with Crippen LogP contribution in [-0.2, 0) is 0 Å². The predicted molar refractivity (Wildman–Crippen MR) is 66.2 cm³/mol. The van der Waals surface area contributed by atoms with E-state index in [1.807, 2.05) is 0 Å². The van der Waals surface area contributed by atoms with Crippen LogP contribution in [0.5, 0.6) is 0 Å². The van der Waals surface area contributed by atoms with E-state index in [1.165, 1.54) is 19.3 Å². The number of halogens is 1. The number of hydrogen-bond acceptors (Lipinski definition) is 1. The molecule has 1 aliphatic heterocycles. The number of allylic oxidation sites excluding steroid dienone is 1. The molecule has 2 heteroatoms. The zero-order valence-corrected chi connectivity index (χ0v) is 10.7. The van der Waals surface area contributed by atoms with Gasteiger partial charge in [-0.2, -0.15) is 0 Å². The van der Waals surface area contributed by atoms with Crippen LogP contribution in [0.15, 0.2) is 12.2 Å². The van der Waals surface area contributed by atoms with Crippen molar-refractivity contribution >= 4 is 0 Å². The van der Waals surface area contributed by atoms with E-state index in [9.17, 15) is 4.39 Å². The zero-order valence-electron chi connectivity index (χ0n) is 10.7. The van der Waals surface area contributed by atoms with Crippen molar-refractivity contribution in [3.8, 4) is 0 Å². The molecule has 2 bridgehead atoms. The van der Waals surface area contributed by atoms with Crippen LogP contribution in [0.25, 0.3) is 0 Å². The summed E-state index contributed by atoms with van der Waals surface area (Å²) in [7, 11) is 0. The Bertz CT molecular complexity index is 266. The van der Waals surface area contributed by atoms with Gasteiger partial charge >= 0.3 is 0 Å². The zero-order chi connectivity index (χ0) is 11.8. The summed E-state index contributed by atoms with van der Waals surface area (Å²) in [6.45, 7) is 7.08. The molecule has 2 aliphatic rings. The molecule has 2 rings (SSSR count). The maximum absolute atomic E-state index is 12.6. The van der Waals surface area contributed by atoms with Crippen LogP contribution in [0.3, 0.4) is 0 Å². The molecule has 1 saturated heterocycles. The smallest absolute Gasteiger partial charge is 0.102 e. The van der Waals surface area contributed by atoms with Crippen molar-refractivity contribution < 1.29 is 4.39 Å². The molecule has 1 nitrogen and oxygen atoms in total. The lowest BCUT2D eigenvalue weighted by molar-refractivity contribution is 0.156. The Morgan fingerprint density at radius 3 is 2.69 bits per heavy atom. The Hall–Kier alpha value is -0.370. The molecular formula is C14H24FN. The molecule has 0 aromatic heterocycles. The number of nitrogens with zero attached hydrogens (tertiary/aromatic N) is 1. The molecule has 0 N–H and O–H groups in total. The fourth-order valence-corrected chi connectivity index (χ4v) is 3.20. The van der Waals surface area contributed by atoms with Gasteiger partial charge < -0.3 is 0 Å². The summed E-state index contributed by atoms with van der Waals surface area (Å²) in [5.74, 6) is 0.787. The predicted octanol–water partition coefficient (Wildman–Crippen LogP) is 3.41. The fraction of sp³-hybridized carbons (Fsp3) is 0.857. The van der Waals surface area contributed by atoms with Crippen molar-refractivity contribution in [3.63, 3.8) is 0 Å². The summed E-state index contributed by atoms with van der Waals surface area (Å²) >= 11 is 0. The molecule has 1 heterocycles. The van der Waals surface area contributed by atoms with Gasteiger partial charge in [-0.15, -0.1) is 0 Å². The maximum Gasteiger partial charge on any atom is 0.102 e. The highest BCUT2D eigenvalue weighted by Gasteiger charge is 2.44. The second-order valence-electron chi connectivity index (χ2n) is 6.37. The van der Waals surface area contributed by atoms with E-state index >= 15 is 0 Å². The van der Waals surface area contributed by atoms with E-state index in [1.54, 1.807) is 0 Å². The van der Waals surface area contributed by atoms with Crippen molar-refractivity contribution in [1.29, 1.82) is 0 Å². The highest BCUT2D eigenvalue weighted by molar-refractivity contribution is 5.10. The minimum absolute atomic E-state index is 0.205. The van der Waals surface area contributed by atoms with Crippen LogP contribution in [-0.4, -0.2) is 30.2 Å². The third-order valence-electron chi connectivity index (χ3n) is 3.92. The fourth-order valence-electron chi connectivity index (χ4n) is 3.20. The molecule has 0 amide bonds. The lowest BCUT2D eigenvalue weighted by Crippen LogP contribution is -2.41. The number of rotatable bonds is 3. The Morgan fingerprint density at radius 2 is 2.06 bits per heavy atom. The number of hydrogen-bond donors (Lipinski definition) is 0. The average molecular weight is 225 g/mol. The van der Waals surface area contributed by atoms with Crippen LogP contribution in [0.1, 0.15) is 40.0 Å².